The maximum atomic E-state index is 12.9. The van der Waals surface area contributed by atoms with Gasteiger partial charge in [0, 0.05) is 26.2 Å². The van der Waals surface area contributed by atoms with Gasteiger partial charge in [0.05, 0.1) is 10.9 Å². The van der Waals surface area contributed by atoms with E-state index in [2.05, 4.69) is 0 Å². The minimum Gasteiger partial charge on any atom is -0.339 e. The standard InChI is InChI=1S/C19H25N3O3S/c1-14(2)18(20)19(23)21-9-11-22(12-10-21)26(24,25)17-8-7-15-5-3-4-6-16(15)13-17/h3-8,13-14,18H,9-12,20H2,1-2H3/t18-/m0/s1. The Kier molecular flexibility index (Phi) is 5.32. The third-order valence-electron chi connectivity index (χ3n) is 4.91. The predicted molar refractivity (Wildman–Crippen MR) is 102 cm³/mol. The SMILES string of the molecule is CC(C)[C@H](N)C(=O)N1CCN(S(=O)(=O)c2ccc3ccccc3c2)CC1. The summed E-state index contributed by atoms with van der Waals surface area (Å²) < 4.78 is 27.3. The number of nitrogens with zero attached hydrogens (tertiary/aromatic N) is 2. The van der Waals surface area contributed by atoms with Crippen molar-refractivity contribution in [2.45, 2.75) is 24.8 Å². The number of sulfonamides is 1. The van der Waals surface area contributed by atoms with Gasteiger partial charge in [0.25, 0.3) is 0 Å². The van der Waals surface area contributed by atoms with Crippen molar-refractivity contribution in [3.8, 4) is 0 Å². The molecule has 26 heavy (non-hydrogen) atoms. The van der Waals surface area contributed by atoms with Crippen molar-refractivity contribution < 1.29 is 13.2 Å². The third-order valence-corrected chi connectivity index (χ3v) is 6.81. The van der Waals surface area contributed by atoms with Gasteiger partial charge in [-0.1, -0.05) is 44.2 Å². The lowest BCUT2D eigenvalue weighted by atomic mass is 10.0. The Morgan fingerprint density at radius 2 is 1.62 bits per heavy atom. The van der Waals surface area contributed by atoms with Crippen molar-refractivity contribution >= 4 is 26.7 Å². The summed E-state index contributed by atoms with van der Waals surface area (Å²) in [5.74, 6) is -0.0513. The van der Waals surface area contributed by atoms with Crippen molar-refractivity contribution in [2.24, 2.45) is 11.7 Å². The van der Waals surface area contributed by atoms with Gasteiger partial charge in [-0.15, -0.1) is 0 Å². The third kappa shape index (κ3) is 3.60. The van der Waals surface area contributed by atoms with Gasteiger partial charge in [-0.2, -0.15) is 4.31 Å². The van der Waals surface area contributed by atoms with E-state index in [-0.39, 0.29) is 29.8 Å². The number of carbonyl (C=O) groups excluding carboxylic acids is 1. The zero-order valence-electron chi connectivity index (χ0n) is 15.1. The summed E-state index contributed by atoms with van der Waals surface area (Å²) in [5, 5.41) is 1.90. The van der Waals surface area contributed by atoms with Crippen LogP contribution in [0.15, 0.2) is 47.4 Å². The molecule has 7 heteroatoms. The maximum absolute atomic E-state index is 12.9. The predicted octanol–water partition coefficient (Wildman–Crippen LogP) is 1.66. The summed E-state index contributed by atoms with van der Waals surface area (Å²) in [5.41, 5.74) is 5.93. The maximum Gasteiger partial charge on any atom is 0.243 e. The highest BCUT2D eigenvalue weighted by molar-refractivity contribution is 7.89. The van der Waals surface area contributed by atoms with Crippen LogP contribution in [0.1, 0.15) is 13.8 Å². The molecule has 0 bridgehead atoms. The Morgan fingerprint density at radius 3 is 2.23 bits per heavy atom. The summed E-state index contributed by atoms with van der Waals surface area (Å²) in [7, 11) is -3.58. The smallest absolute Gasteiger partial charge is 0.243 e. The van der Waals surface area contributed by atoms with Gasteiger partial charge in [-0.25, -0.2) is 8.42 Å². The van der Waals surface area contributed by atoms with E-state index in [4.69, 9.17) is 5.73 Å². The normalized spacial score (nSPS) is 17.6. The molecule has 1 saturated heterocycles. The first kappa shape index (κ1) is 18.8. The summed E-state index contributed by atoms with van der Waals surface area (Å²) in [6.07, 6.45) is 0. The van der Waals surface area contributed by atoms with Gasteiger partial charge in [-0.05, 0) is 28.8 Å². The summed E-state index contributed by atoms with van der Waals surface area (Å²) in [6, 6.07) is 12.3. The molecule has 2 aromatic rings. The minimum absolute atomic E-state index is 0.0573. The Morgan fingerprint density at radius 1 is 1.00 bits per heavy atom. The molecule has 0 aliphatic carbocycles. The van der Waals surface area contributed by atoms with Crippen molar-refractivity contribution in [3.05, 3.63) is 42.5 Å². The van der Waals surface area contributed by atoms with E-state index in [1.54, 1.807) is 17.0 Å². The van der Waals surface area contributed by atoms with Gasteiger partial charge < -0.3 is 10.6 Å². The zero-order chi connectivity index (χ0) is 18.9. The molecule has 0 spiro atoms. The first-order valence-electron chi connectivity index (χ1n) is 8.84. The van der Waals surface area contributed by atoms with Crippen molar-refractivity contribution in [1.29, 1.82) is 0 Å². The molecule has 1 amide bonds. The van der Waals surface area contributed by atoms with Crippen LogP contribution in [-0.2, 0) is 14.8 Å². The average Bonchev–Trinajstić information content (AvgIpc) is 2.66. The number of nitrogens with two attached hydrogens (primary N) is 1. The Bertz CT molecular complexity index is 903. The van der Waals surface area contributed by atoms with Crippen LogP contribution in [0.5, 0.6) is 0 Å². The van der Waals surface area contributed by atoms with E-state index < -0.39 is 16.1 Å². The van der Waals surface area contributed by atoms with Crippen LogP contribution in [-0.4, -0.2) is 55.8 Å². The molecule has 1 fully saturated rings. The van der Waals surface area contributed by atoms with E-state index in [1.807, 2.05) is 44.2 Å². The lowest BCUT2D eigenvalue weighted by Gasteiger charge is -2.35. The number of fused-ring (bicyclic) bond motifs is 1. The molecule has 0 radical (unpaired) electrons. The van der Waals surface area contributed by atoms with Gasteiger partial charge >= 0.3 is 0 Å². The molecule has 3 rings (SSSR count). The molecule has 140 valence electrons. The number of carbonyl (C=O) groups is 1. The summed E-state index contributed by atoms with van der Waals surface area (Å²) in [4.78, 5) is 14.3. The lowest BCUT2D eigenvalue weighted by molar-refractivity contribution is -0.134. The molecular weight excluding hydrogens is 350 g/mol. The molecule has 1 atom stereocenters. The van der Waals surface area contributed by atoms with Crippen molar-refractivity contribution in [2.75, 3.05) is 26.2 Å². The van der Waals surface area contributed by atoms with Gasteiger partial charge in [0.2, 0.25) is 15.9 Å². The lowest BCUT2D eigenvalue weighted by Crippen LogP contribution is -2.55. The van der Waals surface area contributed by atoms with E-state index in [9.17, 15) is 13.2 Å². The molecule has 2 N–H and O–H groups in total. The van der Waals surface area contributed by atoms with Gasteiger partial charge in [0.15, 0.2) is 0 Å². The summed E-state index contributed by atoms with van der Waals surface area (Å²) >= 11 is 0. The largest absolute Gasteiger partial charge is 0.339 e. The molecule has 2 aromatic carbocycles. The van der Waals surface area contributed by atoms with E-state index >= 15 is 0 Å². The average molecular weight is 375 g/mol. The van der Waals surface area contributed by atoms with Crippen LogP contribution in [0.25, 0.3) is 10.8 Å². The molecule has 0 aromatic heterocycles. The van der Waals surface area contributed by atoms with Gasteiger partial charge in [0.1, 0.15) is 0 Å². The second-order valence-electron chi connectivity index (χ2n) is 7.01. The van der Waals surface area contributed by atoms with Gasteiger partial charge in [-0.3, -0.25) is 4.79 Å². The fraction of sp³-hybridized carbons (Fsp3) is 0.421. The highest BCUT2D eigenvalue weighted by atomic mass is 32.2. The van der Waals surface area contributed by atoms with Crippen LogP contribution in [0.2, 0.25) is 0 Å². The van der Waals surface area contributed by atoms with Crippen LogP contribution < -0.4 is 5.73 Å². The fourth-order valence-corrected chi connectivity index (χ4v) is 4.58. The minimum atomic E-state index is -3.58. The van der Waals surface area contributed by atoms with E-state index in [0.717, 1.165) is 10.8 Å². The van der Waals surface area contributed by atoms with Crippen LogP contribution >= 0.6 is 0 Å². The Balaban J connectivity index is 1.74. The van der Waals surface area contributed by atoms with Crippen LogP contribution in [0.3, 0.4) is 0 Å². The quantitative estimate of drug-likeness (QED) is 0.881. The Hall–Kier alpha value is -1.96. The molecule has 0 unspecified atom stereocenters. The topological polar surface area (TPSA) is 83.7 Å². The van der Waals surface area contributed by atoms with E-state index in [1.165, 1.54) is 4.31 Å². The Labute approximate surface area is 154 Å². The second kappa shape index (κ2) is 7.34. The van der Waals surface area contributed by atoms with Crippen LogP contribution in [0, 0.1) is 5.92 Å². The molecular formula is C19H25N3O3S. The number of piperazine rings is 1. The number of rotatable bonds is 4. The molecule has 6 nitrogen and oxygen atoms in total. The van der Waals surface area contributed by atoms with E-state index in [0.29, 0.717) is 13.1 Å². The summed E-state index contributed by atoms with van der Waals surface area (Å²) in [6.45, 7) is 5.11. The van der Waals surface area contributed by atoms with Crippen molar-refractivity contribution in [3.63, 3.8) is 0 Å². The number of benzene rings is 2. The first-order valence-corrected chi connectivity index (χ1v) is 10.3. The van der Waals surface area contributed by atoms with Crippen molar-refractivity contribution in [1.82, 2.24) is 9.21 Å². The highest BCUT2D eigenvalue weighted by Crippen LogP contribution is 2.23. The zero-order valence-corrected chi connectivity index (χ0v) is 15.9. The number of hydrogen-bond acceptors (Lipinski definition) is 4. The second-order valence-corrected chi connectivity index (χ2v) is 8.95. The number of hydrogen-bond donors (Lipinski definition) is 1. The number of amides is 1. The molecule has 1 heterocycles. The fourth-order valence-electron chi connectivity index (χ4n) is 3.12. The first-order chi connectivity index (χ1) is 12.3. The highest BCUT2D eigenvalue weighted by Gasteiger charge is 2.32. The monoisotopic (exact) mass is 375 g/mol. The molecule has 1 aliphatic rings. The van der Waals surface area contributed by atoms with Crippen LogP contribution in [0.4, 0.5) is 0 Å². The molecule has 1 aliphatic heterocycles. The molecule has 0 saturated carbocycles.